The Bertz CT molecular complexity index is 226. The van der Waals surface area contributed by atoms with Crippen molar-refractivity contribution in [1.82, 2.24) is 0 Å². The maximum Gasteiger partial charge on any atom is 0.157 e. The number of rotatable bonds is 8. The summed E-state index contributed by atoms with van der Waals surface area (Å²) in [5.74, 6) is 0.140. The summed E-state index contributed by atoms with van der Waals surface area (Å²) < 4.78 is 10.6. The van der Waals surface area contributed by atoms with E-state index in [1.165, 1.54) is 0 Å². The summed E-state index contributed by atoms with van der Waals surface area (Å²) in [7, 11) is 0. The smallest absolute Gasteiger partial charge is 0.157 e. The highest BCUT2D eigenvalue weighted by molar-refractivity contribution is 4.88. The molecule has 4 heteroatoms. The molecule has 1 fully saturated rings. The molecule has 0 aromatic carbocycles. The highest BCUT2D eigenvalue weighted by Gasteiger charge is 2.38. The normalized spacial score (nSPS) is 29.2. The van der Waals surface area contributed by atoms with Crippen molar-refractivity contribution in [1.29, 1.82) is 0 Å². The van der Waals surface area contributed by atoms with Crippen LogP contribution in [0.2, 0.25) is 0 Å². The van der Waals surface area contributed by atoms with Gasteiger partial charge in [-0.3, -0.25) is 0 Å². The zero-order chi connectivity index (χ0) is 13.6. The molecule has 4 unspecified atom stereocenters. The van der Waals surface area contributed by atoms with Crippen LogP contribution in [0.1, 0.15) is 46.5 Å². The number of hydrogen-bond acceptors (Lipinski definition) is 4. The third-order valence-corrected chi connectivity index (χ3v) is 3.95. The van der Waals surface area contributed by atoms with Crippen LogP contribution < -0.4 is 0 Å². The van der Waals surface area contributed by atoms with Crippen molar-refractivity contribution >= 4 is 0 Å². The van der Waals surface area contributed by atoms with Gasteiger partial charge in [-0.25, -0.2) is 0 Å². The van der Waals surface area contributed by atoms with Gasteiger partial charge in [-0.1, -0.05) is 27.2 Å². The summed E-state index contributed by atoms with van der Waals surface area (Å²) in [6, 6.07) is 0. The van der Waals surface area contributed by atoms with Crippen molar-refractivity contribution in [2.45, 2.75) is 58.3 Å². The first kappa shape index (κ1) is 15.9. The molecule has 0 aromatic heterocycles. The standard InChI is InChI=1S/C14H28O4/c1-4-5-7-18-13(15)11(2)9-12(3)14(16)6-8-17-10-14/h11-13,15-16H,4-10H2,1-3H3. The first-order valence-electron chi connectivity index (χ1n) is 7.09. The summed E-state index contributed by atoms with van der Waals surface area (Å²) in [6.07, 6.45) is 2.73. The number of unbranched alkanes of at least 4 members (excludes halogenated alkanes) is 1. The maximum atomic E-state index is 10.4. The van der Waals surface area contributed by atoms with Crippen LogP contribution in [0.3, 0.4) is 0 Å². The van der Waals surface area contributed by atoms with Crippen molar-refractivity contribution in [3.8, 4) is 0 Å². The molecule has 108 valence electrons. The second-order valence-corrected chi connectivity index (χ2v) is 5.64. The summed E-state index contributed by atoms with van der Waals surface area (Å²) in [6.45, 7) is 7.72. The number of aliphatic hydroxyl groups is 2. The van der Waals surface area contributed by atoms with Crippen molar-refractivity contribution in [2.75, 3.05) is 19.8 Å². The van der Waals surface area contributed by atoms with E-state index in [0.717, 1.165) is 19.3 Å². The lowest BCUT2D eigenvalue weighted by atomic mass is 9.82. The summed E-state index contributed by atoms with van der Waals surface area (Å²) in [5.41, 5.74) is -0.725. The first-order valence-corrected chi connectivity index (χ1v) is 7.09. The Labute approximate surface area is 110 Å². The molecule has 0 saturated carbocycles. The lowest BCUT2D eigenvalue weighted by Gasteiger charge is -2.31. The van der Waals surface area contributed by atoms with E-state index in [1.54, 1.807) is 0 Å². The Morgan fingerprint density at radius 3 is 2.67 bits per heavy atom. The molecular formula is C14H28O4. The molecule has 18 heavy (non-hydrogen) atoms. The van der Waals surface area contributed by atoms with Gasteiger partial charge in [-0.2, -0.15) is 0 Å². The van der Waals surface area contributed by atoms with Crippen molar-refractivity contribution < 1.29 is 19.7 Å². The van der Waals surface area contributed by atoms with Crippen molar-refractivity contribution in [3.63, 3.8) is 0 Å². The van der Waals surface area contributed by atoms with E-state index in [0.29, 0.717) is 26.2 Å². The maximum absolute atomic E-state index is 10.4. The van der Waals surface area contributed by atoms with E-state index < -0.39 is 11.9 Å². The van der Waals surface area contributed by atoms with E-state index in [2.05, 4.69) is 6.92 Å². The van der Waals surface area contributed by atoms with Crippen LogP contribution in [0.15, 0.2) is 0 Å². The zero-order valence-electron chi connectivity index (χ0n) is 11.9. The minimum absolute atomic E-state index is 0.0291. The topological polar surface area (TPSA) is 58.9 Å². The number of ether oxygens (including phenoxy) is 2. The van der Waals surface area contributed by atoms with Crippen molar-refractivity contribution in [2.24, 2.45) is 11.8 Å². The molecule has 1 saturated heterocycles. The van der Waals surface area contributed by atoms with Crippen LogP contribution in [-0.2, 0) is 9.47 Å². The molecule has 1 heterocycles. The Morgan fingerprint density at radius 2 is 2.11 bits per heavy atom. The highest BCUT2D eigenvalue weighted by atomic mass is 16.6. The quantitative estimate of drug-likeness (QED) is 0.517. The van der Waals surface area contributed by atoms with Gasteiger partial charge in [0.2, 0.25) is 0 Å². The van der Waals surface area contributed by atoms with E-state index in [1.807, 2.05) is 13.8 Å². The Balaban J connectivity index is 2.31. The molecule has 0 bridgehead atoms. The van der Waals surface area contributed by atoms with Crippen LogP contribution in [-0.4, -0.2) is 41.9 Å². The van der Waals surface area contributed by atoms with Gasteiger partial charge in [0.25, 0.3) is 0 Å². The lowest BCUT2D eigenvalue weighted by molar-refractivity contribution is -0.140. The molecule has 0 aromatic rings. The van der Waals surface area contributed by atoms with E-state index >= 15 is 0 Å². The fourth-order valence-corrected chi connectivity index (χ4v) is 2.36. The van der Waals surface area contributed by atoms with Gasteiger partial charge in [0, 0.05) is 25.6 Å². The number of hydrogen-bond donors (Lipinski definition) is 2. The average molecular weight is 260 g/mol. The first-order chi connectivity index (χ1) is 8.49. The van der Waals surface area contributed by atoms with Crippen LogP contribution in [0.5, 0.6) is 0 Å². The highest BCUT2D eigenvalue weighted by Crippen LogP contribution is 2.32. The molecule has 0 radical (unpaired) electrons. The van der Waals surface area contributed by atoms with Crippen LogP contribution in [0.25, 0.3) is 0 Å². The molecule has 4 nitrogen and oxygen atoms in total. The molecule has 1 aliphatic heterocycles. The Kier molecular flexibility index (Phi) is 6.57. The predicted octanol–water partition coefficient (Wildman–Crippen LogP) is 1.94. The van der Waals surface area contributed by atoms with Gasteiger partial charge in [-0.15, -0.1) is 0 Å². The van der Waals surface area contributed by atoms with E-state index in [-0.39, 0.29) is 11.8 Å². The van der Waals surface area contributed by atoms with Crippen LogP contribution >= 0.6 is 0 Å². The largest absolute Gasteiger partial charge is 0.387 e. The van der Waals surface area contributed by atoms with Crippen LogP contribution in [0, 0.1) is 11.8 Å². The molecule has 0 spiro atoms. The second-order valence-electron chi connectivity index (χ2n) is 5.64. The molecule has 1 aliphatic rings. The third kappa shape index (κ3) is 4.50. The molecule has 4 atom stereocenters. The average Bonchev–Trinajstić information content (AvgIpc) is 2.77. The summed E-state index contributed by atoms with van der Waals surface area (Å²) in [5, 5.41) is 20.2. The molecule has 0 amide bonds. The van der Waals surface area contributed by atoms with E-state index in [9.17, 15) is 10.2 Å². The monoisotopic (exact) mass is 260 g/mol. The Morgan fingerprint density at radius 1 is 1.39 bits per heavy atom. The van der Waals surface area contributed by atoms with Crippen molar-refractivity contribution in [3.05, 3.63) is 0 Å². The van der Waals surface area contributed by atoms with Gasteiger partial charge >= 0.3 is 0 Å². The van der Waals surface area contributed by atoms with Gasteiger partial charge in [-0.05, 0) is 18.8 Å². The van der Waals surface area contributed by atoms with Gasteiger partial charge in [0.05, 0.1) is 12.2 Å². The second kappa shape index (κ2) is 7.43. The Hall–Kier alpha value is -0.160. The number of aliphatic hydroxyl groups excluding tert-OH is 1. The van der Waals surface area contributed by atoms with Gasteiger partial charge < -0.3 is 19.7 Å². The SMILES string of the molecule is CCCCOC(O)C(C)CC(C)C1(O)CCOC1. The summed E-state index contributed by atoms with van der Waals surface area (Å²) >= 11 is 0. The predicted molar refractivity (Wildman–Crippen MR) is 70.2 cm³/mol. The molecular weight excluding hydrogens is 232 g/mol. The fourth-order valence-electron chi connectivity index (χ4n) is 2.36. The van der Waals surface area contributed by atoms with Gasteiger partial charge in [0.15, 0.2) is 6.29 Å². The third-order valence-electron chi connectivity index (χ3n) is 3.95. The van der Waals surface area contributed by atoms with Gasteiger partial charge in [0.1, 0.15) is 0 Å². The minimum Gasteiger partial charge on any atom is -0.387 e. The summed E-state index contributed by atoms with van der Waals surface area (Å²) in [4.78, 5) is 0. The van der Waals surface area contributed by atoms with Crippen LogP contribution in [0.4, 0.5) is 0 Å². The molecule has 0 aliphatic carbocycles. The molecule has 2 N–H and O–H groups in total. The van der Waals surface area contributed by atoms with E-state index in [4.69, 9.17) is 9.47 Å². The fraction of sp³-hybridized carbons (Fsp3) is 1.00. The molecule has 1 rings (SSSR count). The zero-order valence-corrected chi connectivity index (χ0v) is 11.9. The minimum atomic E-state index is -0.732. The lowest BCUT2D eigenvalue weighted by Crippen LogP contribution is -2.39.